The molecule has 26 heavy (non-hydrogen) atoms. The fourth-order valence-corrected chi connectivity index (χ4v) is 2.76. The second kappa shape index (κ2) is 7.70. The monoisotopic (exact) mass is 347 g/mol. The fourth-order valence-electron chi connectivity index (χ4n) is 2.76. The minimum Gasteiger partial charge on any atom is -0.471 e. The van der Waals surface area contributed by atoms with Crippen LogP contribution in [0.15, 0.2) is 67.3 Å². The summed E-state index contributed by atoms with van der Waals surface area (Å²) >= 11 is 0. The SMILES string of the molecule is C=CC(=O)Nc1c(C)nn(COc2ccccc2-c2ccccc2)c1C. The molecule has 1 amide bonds. The Morgan fingerprint density at radius 1 is 1.15 bits per heavy atom. The van der Waals surface area contributed by atoms with Crippen LogP contribution in [0.5, 0.6) is 5.75 Å². The first-order valence-corrected chi connectivity index (χ1v) is 8.35. The van der Waals surface area contributed by atoms with Crippen LogP contribution < -0.4 is 10.1 Å². The van der Waals surface area contributed by atoms with E-state index in [4.69, 9.17) is 4.74 Å². The number of aryl methyl sites for hydroxylation is 1. The van der Waals surface area contributed by atoms with Gasteiger partial charge >= 0.3 is 0 Å². The number of nitrogens with zero attached hydrogens (tertiary/aromatic N) is 2. The van der Waals surface area contributed by atoms with Crippen LogP contribution in [0.3, 0.4) is 0 Å². The Kier molecular flexibility index (Phi) is 5.17. The van der Waals surface area contributed by atoms with Crippen molar-refractivity contribution in [2.24, 2.45) is 0 Å². The topological polar surface area (TPSA) is 56.2 Å². The molecule has 2 aromatic carbocycles. The molecule has 132 valence electrons. The Morgan fingerprint density at radius 2 is 1.85 bits per heavy atom. The Hall–Kier alpha value is -3.34. The third-order valence-corrected chi connectivity index (χ3v) is 4.13. The standard InChI is InChI=1S/C21H21N3O2/c1-4-20(25)22-21-15(2)23-24(16(21)3)14-26-19-13-9-8-12-18(19)17-10-6-5-7-11-17/h4-13H,1,14H2,2-3H3,(H,22,25). The number of amides is 1. The molecule has 0 bridgehead atoms. The molecule has 0 aliphatic rings. The van der Waals surface area contributed by atoms with Gasteiger partial charge in [0.2, 0.25) is 5.91 Å². The van der Waals surface area contributed by atoms with Crippen molar-refractivity contribution < 1.29 is 9.53 Å². The lowest BCUT2D eigenvalue weighted by Gasteiger charge is -2.12. The molecule has 1 heterocycles. The van der Waals surface area contributed by atoms with Gasteiger partial charge in [-0.25, -0.2) is 4.68 Å². The normalized spacial score (nSPS) is 10.4. The average molecular weight is 347 g/mol. The number of para-hydroxylation sites is 1. The van der Waals surface area contributed by atoms with E-state index in [0.29, 0.717) is 5.69 Å². The van der Waals surface area contributed by atoms with E-state index in [1.54, 1.807) is 4.68 Å². The Balaban J connectivity index is 1.82. The highest BCUT2D eigenvalue weighted by Crippen LogP contribution is 2.30. The Labute approximate surface area is 152 Å². The van der Waals surface area contributed by atoms with E-state index in [2.05, 4.69) is 29.1 Å². The fraction of sp³-hybridized carbons (Fsp3) is 0.143. The average Bonchev–Trinajstić information content (AvgIpc) is 2.94. The van der Waals surface area contributed by atoms with E-state index in [-0.39, 0.29) is 12.6 Å². The number of carbonyl (C=O) groups is 1. The molecule has 0 radical (unpaired) electrons. The number of rotatable bonds is 6. The molecule has 0 atom stereocenters. The van der Waals surface area contributed by atoms with Gasteiger partial charge in [-0.05, 0) is 31.6 Å². The van der Waals surface area contributed by atoms with Crippen molar-refractivity contribution in [3.63, 3.8) is 0 Å². The summed E-state index contributed by atoms with van der Waals surface area (Å²) in [7, 11) is 0. The number of anilines is 1. The Morgan fingerprint density at radius 3 is 2.58 bits per heavy atom. The summed E-state index contributed by atoms with van der Waals surface area (Å²) in [5.74, 6) is 0.522. The predicted octanol–water partition coefficient (Wildman–Crippen LogP) is 4.33. The molecule has 0 fully saturated rings. The van der Waals surface area contributed by atoms with Gasteiger partial charge in [0.25, 0.3) is 0 Å². The van der Waals surface area contributed by atoms with Crippen LogP contribution in [0, 0.1) is 13.8 Å². The van der Waals surface area contributed by atoms with Gasteiger partial charge in [-0.3, -0.25) is 4.79 Å². The van der Waals surface area contributed by atoms with Crippen molar-refractivity contribution in [3.05, 3.63) is 78.6 Å². The summed E-state index contributed by atoms with van der Waals surface area (Å²) in [6, 6.07) is 18.0. The summed E-state index contributed by atoms with van der Waals surface area (Å²) < 4.78 is 7.76. The number of benzene rings is 2. The molecule has 0 saturated carbocycles. The smallest absolute Gasteiger partial charge is 0.247 e. The number of ether oxygens (including phenoxy) is 1. The van der Waals surface area contributed by atoms with E-state index in [0.717, 1.165) is 28.3 Å². The molecular formula is C21H21N3O2. The highest BCUT2D eigenvalue weighted by molar-refractivity contribution is 5.99. The van der Waals surface area contributed by atoms with Crippen LogP contribution in [0.25, 0.3) is 11.1 Å². The first kappa shape index (κ1) is 17.5. The molecule has 0 aliphatic carbocycles. The summed E-state index contributed by atoms with van der Waals surface area (Å²) in [5, 5.41) is 7.25. The molecule has 3 aromatic rings. The number of hydrogen-bond donors (Lipinski definition) is 1. The zero-order valence-electron chi connectivity index (χ0n) is 14.9. The second-order valence-corrected chi connectivity index (χ2v) is 5.87. The van der Waals surface area contributed by atoms with E-state index >= 15 is 0 Å². The Bertz CT molecular complexity index is 930. The molecule has 0 aliphatic heterocycles. The molecule has 0 spiro atoms. The molecule has 5 nitrogen and oxygen atoms in total. The highest BCUT2D eigenvalue weighted by Gasteiger charge is 2.14. The predicted molar refractivity (Wildman–Crippen MR) is 103 cm³/mol. The second-order valence-electron chi connectivity index (χ2n) is 5.87. The molecule has 5 heteroatoms. The maximum absolute atomic E-state index is 11.6. The van der Waals surface area contributed by atoms with Gasteiger partial charge in [0, 0.05) is 5.56 Å². The van der Waals surface area contributed by atoms with Crippen molar-refractivity contribution in [2.75, 3.05) is 5.32 Å². The third-order valence-electron chi connectivity index (χ3n) is 4.13. The molecule has 0 unspecified atom stereocenters. The summed E-state index contributed by atoms with van der Waals surface area (Å²) in [6.07, 6.45) is 1.24. The van der Waals surface area contributed by atoms with Gasteiger partial charge < -0.3 is 10.1 Å². The lowest BCUT2D eigenvalue weighted by Crippen LogP contribution is -2.11. The summed E-state index contributed by atoms with van der Waals surface area (Å²) in [6.45, 7) is 7.47. The van der Waals surface area contributed by atoms with Crippen molar-refractivity contribution >= 4 is 11.6 Å². The molecule has 1 N–H and O–H groups in total. The van der Waals surface area contributed by atoms with E-state index in [9.17, 15) is 4.79 Å². The number of hydrogen-bond acceptors (Lipinski definition) is 3. The molecule has 0 saturated heterocycles. The van der Waals surface area contributed by atoms with Crippen molar-refractivity contribution in [1.82, 2.24) is 9.78 Å². The van der Waals surface area contributed by atoms with Crippen LogP contribution >= 0.6 is 0 Å². The van der Waals surface area contributed by atoms with Gasteiger partial charge in [-0.2, -0.15) is 5.10 Å². The van der Waals surface area contributed by atoms with Gasteiger partial charge in [0.15, 0.2) is 6.73 Å². The number of nitrogens with one attached hydrogen (secondary N) is 1. The molecular weight excluding hydrogens is 326 g/mol. The lowest BCUT2D eigenvalue weighted by atomic mass is 10.1. The maximum atomic E-state index is 11.6. The zero-order chi connectivity index (χ0) is 18.5. The highest BCUT2D eigenvalue weighted by atomic mass is 16.5. The van der Waals surface area contributed by atoms with Gasteiger partial charge in [0.05, 0.1) is 17.1 Å². The number of aromatic nitrogens is 2. The van der Waals surface area contributed by atoms with E-state index in [1.165, 1.54) is 6.08 Å². The van der Waals surface area contributed by atoms with Crippen LogP contribution in [-0.4, -0.2) is 15.7 Å². The zero-order valence-corrected chi connectivity index (χ0v) is 14.9. The molecule has 1 aromatic heterocycles. The first-order valence-electron chi connectivity index (χ1n) is 8.35. The molecule has 3 rings (SSSR count). The number of carbonyl (C=O) groups excluding carboxylic acids is 1. The summed E-state index contributed by atoms with van der Waals surface area (Å²) in [4.78, 5) is 11.6. The minimum atomic E-state index is -0.258. The van der Waals surface area contributed by atoms with Crippen molar-refractivity contribution in [1.29, 1.82) is 0 Å². The third kappa shape index (κ3) is 3.67. The van der Waals surface area contributed by atoms with Gasteiger partial charge in [-0.1, -0.05) is 55.1 Å². The lowest BCUT2D eigenvalue weighted by molar-refractivity contribution is -0.111. The van der Waals surface area contributed by atoms with E-state index in [1.807, 2.05) is 56.3 Å². The largest absolute Gasteiger partial charge is 0.471 e. The van der Waals surface area contributed by atoms with Crippen molar-refractivity contribution in [2.45, 2.75) is 20.6 Å². The summed E-state index contributed by atoms with van der Waals surface area (Å²) in [5.41, 5.74) is 4.37. The van der Waals surface area contributed by atoms with Crippen LogP contribution in [-0.2, 0) is 11.5 Å². The minimum absolute atomic E-state index is 0.250. The van der Waals surface area contributed by atoms with Crippen molar-refractivity contribution in [3.8, 4) is 16.9 Å². The van der Waals surface area contributed by atoms with Gasteiger partial charge in [-0.15, -0.1) is 0 Å². The van der Waals surface area contributed by atoms with Crippen LogP contribution in [0.4, 0.5) is 5.69 Å². The van der Waals surface area contributed by atoms with Gasteiger partial charge in [0.1, 0.15) is 5.75 Å². The van der Waals surface area contributed by atoms with Crippen LogP contribution in [0.1, 0.15) is 11.4 Å². The van der Waals surface area contributed by atoms with E-state index < -0.39 is 0 Å². The quantitative estimate of drug-likeness (QED) is 0.675. The first-order chi connectivity index (χ1) is 12.6. The van der Waals surface area contributed by atoms with Crippen LogP contribution in [0.2, 0.25) is 0 Å². The maximum Gasteiger partial charge on any atom is 0.247 e.